The average Bonchev–Trinajstić information content (AvgIpc) is 2.94. The van der Waals surface area contributed by atoms with Gasteiger partial charge in [-0.3, -0.25) is 5.41 Å². The third-order valence-electron chi connectivity index (χ3n) is 5.30. The summed E-state index contributed by atoms with van der Waals surface area (Å²) in [5, 5.41) is 10.9. The van der Waals surface area contributed by atoms with Gasteiger partial charge in [-0.25, -0.2) is 4.99 Å². The van der Waals surface area contributed by atoms with Crippen LogP contribution < -0.4 is 9.64 Å². The van der Waals surface area contributed by atoms with Crippen LogP contribution in [0.4, 0.5) is 11.4 Å². The summed E-state index contributed by atoms with van der Waals surface area (Å²) in [6.07, 6.45) is 5.48. The van der Waals surface area contributed by atoms with Gasteiger partial charge in [0.1, 0.15) is 10.8 Å². The van der Waals surface area contributed by atoms with Crippen molar-refractivity contribution in [2.24, 2.45) is 4.99 Å². The van der Waals surface area contributed by atoms with Crippen molar-refractivity contribution < 1.29 is 4.74 Å². The lowest BCUT2D eigenvalue weighted by Gasteiger charge is -2.41. The van der Waals surface area contributed by atoms with Crippen LogP contribution >= 0.6 is 35.8 Å². The van der Waals surface area contributed by atoms with Gasteiger partial charge >= 0.3 is 0 Å². The molecule has 148 valence electrons. The van der Waals surface area contributed by atoms with Crippen LogP contribution in [-0.2, 0) is 0 Å². The van der Waals surface area contributed by atoms with E-state index in [2.05, 4.69) is 4.90 Å². The van der Waals surface area contributed by atoms with E-state index < -0.39 is 0 Å². The zero-order valence-corrected chi connectivity index (χ0v) is 18.0. The first-order chi connectivity index (χ1) is 13.1. The number of amidine groups is 1. The smallest absolute Gasteiger partial charge is 0.167 e. The van der Waals surface area contributed by atoms with E-state index in [0.29, 0.717) is 10.2 Å². The predicted octanol–water partition coefficient (Wildman–Crippen LogP) is 6.69. The van der Waals surface area contributed by atoms with E-state index >= 15 is 0 Å². The van der Waals surface area contributed by atoms with Crippen LogP contribution in [0.15, 0.2) is 53.5 Å². The summed E-state index contributed by atoms with van der Waals surface area (Å²) in [4.78, 5) is 7.08. The Hall–Kier alpha value is -1.69. The maximum atomic E-state index is 8.69. The van der Waals surface area contributed by atoms with E-state index in [9.17, 15) is 0 Å². The first-order valence-corrected chi connectivity index (χ1v) is 10.4. The molecule has 2 aromatic carbocycles. The molecule has 2 aliphatic rings. The molecule has 1 spiro atoms. The Morgan fingerprint density at radius 2 is 1.75 bits per heavy atom. The lowest BCUT2D eigenvalue weighted by molar-refractivity contribution is 0.387. The SMILES string of the molecule is COc1ccc(N=C2SC(=N)N(c3ccccc3Cl)C23CCCCC3)cc1.Cl. The highest BCUT2D eigenvalue weighted by Gasteiger charge is 2.51. The number of rotatable bonds is 3. The second kappa shape index (κ2) is 8.76. The van der Waals surface area contributed by atoms with E-state index in [1.165, 1.54) is 18.2 Å². The van der Waals surface area contributed by atoms with Crippen LogP contribution in [0.5, 0.6) is 5.75 Å². The molecule has 0 aromatic heterocycles. The highest BCUT2D eigenvalue weighted by atomic mass is 35.5. The topological polar surface area (TPSA) is 48.7 Å². The van der Waals surface area contributed by atoms with Crippen molar-refractivity contribution in [3.05, 3.63) is 53.6 Å². The molecule has 28 heavy (non-hydrogen) atoms. The maximum Gasteiger partial charge on any atom is 0.167 e. The van der Waals surface area contributed by atoms with Crippen LogP contribution in [0.3, 0.4) is 0 Å². The molecule has 2 fully saturated rings. The van der Waals surface area contributed by atoms with Crippen molar-refractivity contribution in [3.8, 4) is 5.75 Å². The van der Waals surface area contributed by atoms with Gasteiger partial charge in [-0.15, -0.1) is 12.4 Å². The van der Waals surface area contributed by atoms with Crippen molar-refractivity contribution in [1.82, 2.24) is 0 Å². The number of anilines is 1. The Bertz CT molecular complexity index is 879. The van der Waals surface area contributed by atoms with Gasteiger partial charge in [0.25, 0.3) is 0 Å². The van der Waals surface area contributed by atoms with Crippen molar-refractivity contribution in [2.75, 3.05) is 12.0 Å². The van der Waals surface area contributed by atoms with Gasteiger partial charge < -0.3 is 9.64 Å². The van der Waals surface area contributed by atoms with Crippen molar-refractivity contribution in [2.45, 2.75) is 37.6 Å². The number of ether oxygens (including phenoxy) is 1. The Labute approximate surface area is 181 Å². The highest BCUT2D eigenvalue weighted by Crippen LogP contribution is 2.49. The van der Waals surface area contributed by atoms with E-state index in [-0.39, 0.29) is 17.9 Å². The number of nitrogens with one attached hydrogen (secondary N) is 1. The third-order valence-corrected chi connectivity index (χ3v) is 6.66. The fourth-order valence-corrected chi connectivity index (χ4v) is 5.37. The number of hydrogen-bond donors (Lipinski definition) is 1. The summed E-state index contributed by atoms with van der Waals surface area (Å²) in [7, 11) is 1.66. The second-order valence-electron chi connectivity index (χ2n) is 6.90. The number of benzene rings is 2. The first-order valence-electron chi connectivity index (χ1n) is 9.18. The van der Waals surface area contributed by atoms with Crippen molar-refractivity contribution >= 4 is 57.4 Å². The molecule has 0 radical (unpaired) electrons. The summed E-state index contributed by atoms with van der Waals surface area (Å²) < 4.78 is 5.24. The van der Waals surface area contributed by atoms with E-state index in [1.807, 2.05) is 48.5 Å². The van der Waals surface area contributed by atoms with E-state index in [4.69, 9.17) is 26.7 Å². The Morgan fingerprint density at radius 3 is 2.39 bits per heavy atom. The number of nitrogens with zero attached hydrogens (tertiary/aromatic N) is 2. The number of hydrogen-bond acceptors (Lipinski definition) is 4. The molecule has 0 amide bonds. The monoisotopic (exact) mass is 435 g/mol. The summed E-state index contributed by atoms with van der Waals surface area (Å²) in [6, 6.07) is 15.6. The summed E-state index contributed by atoms with van der Waals surface area (Å²) >= 11 is 7.97. The van der Waals surface area contributed by atoms with Gasteiger partial charge in [0.2, 0.25) is 0 Å². The summed E-state index contributed by atoms with van der Waals surface area (Å²) in [5.74, 6) is 0.816. The normalized spacial score (nSPS) is 19.7. The molecule has 1 aliphatic carbocycles. The quantitative estimate of drug-likeness (QED) is 0.583. The molecular formula is C21H23Cl2N3OS. The minimum absolute atomic E-state index is 0. The second-order valence-corrected chi connectivity index (χ2v) is 8.29. The Balaban J connectivity index is 0.00000225. The molecular weight excluding hydrogens is 413 g/mol. The number of methoxy groups -OCH3 is 1. The number of para-hydroxylation sites is 1. The minimum atomic E-state index is -0.273. The van der Waals surface area contributed by atoms with Crippen LogP contribution in [0.1, 0.15) is 32.1 Å². The molecule has 1 saturated heterocycles. The molecule has 4 rings (SSSR count). The third kappa shape index (κ3) is 3.76. The molecule has 7 heteroatoms. The Kier molecular flexibility index (Phi) is 6.58. The van der Waals surface area contributed by atoms with Gasteiger partial charge in [-0.1, -0.05) is 43.0 Å². The van der Waals surface area contributed by atoms with Gasteiger partial charge in [-0.2, -0.15) is 0 Å². The lowest BCUT2D eigenvalue weighted by Crippen LogP contribution is -2.51. The van der Waals surface area contributed by atoms with E-state index in [0.717, 1.165) is 47.9 Å². The molecule has 1 saturated carbocycles. The fraction of sp³-hybridized carbons (Fsp3) is 0.333. The minimum Gasteiger partial charge on any atom is -0.497 e. The standard InChI is InChI=1S/C21H22ClN3OS.ClH/c1-26-16-11-9-15(10-12-16)24-19-21(13-5-2-6-14-21)25(20(23)27-19)18-8-4-3-7-17(18)22;/h3-4,7-12,23H,2,5-6,13-14H2,1H3;1H. The van der Waals surface area contributed by atoms with Crippen molar-refractivity contribution in [3.63, 3.8) is 0 Å². The first kappa shape index (κ1) is 21.0. The Morgan fingerprint density at radius 1 is 1.07 bits per heavy atom. The average molecular weight is 436 g/mol. The summed E-state index contributed by atoms with van der Waals surface area (Å²) in [5.41, 5.74) is 1.51. The number of halogens is 2. The maximum absolute atomic E-state index is 8.69. The van der Waals surface area contributed by atoms with Gasteiger partial charge in [0.15, 0.2) is 5.17 Å². The fourth-order valence-electron chi connectivity index (χ4n) is 3.97. The van der Waals surface area contributed by atoms with Crippen LogP contribution in [-0.4, -0.2) is 22.9 Å². The zero-order chi connectivity index (χ0) is 18.9. The molecule has 1 heterocycles. The lowest BCUT2D eigenvalue weighted by atomic mass is 9.80. The molecule has 0 bridgehead atoms. The molecule has 1 aliphatic heterocycles. The van der Waals surface area contributed by atoms with Crippen molar-refractivity contribution in [1.29, 1.82) is 5.41 Å². The zero-order valence-electron chi connectivity index (χ0n) is 15.7. The number of thioether (sulfide) groups is 1. The molecule has 0 unspecified atom stereocenters. The van der Waals surface area contributed by atoms with Crippen LogP contribution in [0.25, 0.3) is 0 Å². The molecule has 4 nitrogen and oxygen atoms in total. The largest absolute Gasteiger partial charge is 0.497 e. The molecule has 0 atom stereocenters. The highest BCUT2D eigenvalue weighted by molar-refractivity contribution is 8.27. The van der Waals surface area contributed by atoms with Crippen LogP contribution in [0, 0.1) is 5.41 Å². The number of aliphatic imine (C=N–C) groups is 1. The summed E-state index contributed by atoms with van der Waals surface area (Å²) in [6.45, 7) is 0. The predicted molar refractivity (Wildman–Crippen MR) is 122 cm³/mol. The van der Waals surface area contributed by atoms with Gasteiger partial charge in [0, 0.05) is 0 Å². The van der Waals surface area contributed by atoms with E-state index in [1.54, 1.807) is 7.11 Å². The van der Waals surface area contributed by atoms with Gasteiger partial charge in [0.05, 0.1) is 29.0 Å². The van der Waals surface area contributed by atoms with Crippen LogP contribution in [0.2, 0.25) is 5.02 Å². The molecule has 2 aromatic rings. The van der Waals surface area contributed by atoms with Gasteiger partial charge in [-0.05, 0) is 61.0 Å². The molecule has 1 N–H and O–H groups in total.